The number of hydrogen-bond donors (Lipinski definition) is 1. The highest BCUT2D eigenvalue weighted by Gasteiger charge is 2.37. The number of carbonyl (C=O) groups excluding carboxylic acids is 1. The summed E-state index contributed by atoms with van der Waals surface area (Å²) in [4.78, 5) is 14.2. The van der Waals surface area contributed by atoms with Crippen molar-refractivity contribution in [1.29, 1.82) is 0 Å². The lowest BCUT2D eigenvalue weighted by molar-refractivity contribution is -0.136. The fraction of sp³-hybridized carbons (Fsp3) is 0.769. The van der Waals surface area contributed by atoms with Gasteiger partial charge in [0.25, 0.3) is 0 Å². The van der Waals surface area contributed by atoms with Crippen molar-refractivity contribution in [2.24, 2.45) is 0 Å². The summed E-state index contributed by atoms with van der Waals surface area (Å²) in [5, 5.41) is 18.1. The summed E-state index contributed by atoms with van der Waals surface area (Å²) in [5.41, 5.74) is -0.417. The minimum Gasteiger partial charge on any atom is -0.384 e. The van der Waals surface area contributed by atoms with Gasteiger partial charge in [-0.05, 0) is 13.8 Å². The van der Waals surface area contributed by atoms with Gasteiger partial charge in [-0.1, -0.05) is 5.21 Å². The number of hydrogen-bond acceptors (Lipinski definition) is 6. The van der Waals surface area contributed by atoms with Crippen LogP contribution in [0.25, 0.3) is 0 Å². The van der Waals surface area contributed by atoms with E-state index in [2.05, 4.69) is 10.3 Å². The van der Waals surface area contributed by atoms with Crippen molar-refractivity contribution in [3.05, 3.63) is 11.9 Å². The number of carbonyl (C=O) groups is 1. The molecule has 1 amide bonds. The molecule has 2 fully saturated rings. The smallest absolute Gasteiger partial charge is 0.236 e. The first-order valence-corrected chi connectivity index (χ1v) is 9.28. The molecule has 0 bridgehead atoms. The Hall–Kier alpha value is -0.730. The Morgan fingerprint density at radius 3 is 2.76 bits per heavy atom. The van der Waals surface area contributed by atoms with Gasteiger partial charge in [0, 0.05) is 30.3 Å². The van der Waals surface area contributed by atoms with E-state index in [0.29, 0.717) is 18.8 Å². The molecule has 8 heteroatoms. The van der Waals surface area contributed by atoms with Gasteiger partial charge in [0.05, 0.1) is 17.5 Å². The topological polar surface area (TPSA) is 71.2 Å². The van der Waals surface area contributed by atoms with E-state index in [1.807, 2.05) is 16.7 Å². The summed E-state index contributed by atoms with van der Waals surface area (Å²) < 4.78 is 1.76. The Morgan fingerprint density at radius 1 is 1.43 bits per heavy atom. The zero-order valence-corrected chi connectivity index (χ0v) is 13.9. The number of thioether (sulfide) groups is 2. The monoisotopic (exact) mass is 328 g/mol. The van der Waals surface area contributed by atoms with E-state index in [0.717, 1.165) is 17.3 Å². The van der Waals surface area contributed by atoms with Gasteiger partial charge in [0.15, 0.2) is 0 Å². The summed E-state index contributed by atoms with van der Waals surface area (Å²) >= 11 is 3.64. The first-order chi connectivity index (χ1) is 9.95. The maximum Gasteiger partial charge on any atom is 0.236 e. The number of aromatic nitrogens is 3. The summed E-state index contributed by atoms with van der Waals surface area (Å²) in [7, 11) is 0. The first-order valence-electron chi connectivity index (χ1n) is 7.08. The van der Waals surface area contributed by atoms with Gasteiger partial charge in [0.2, 0.25) is 5.91 Å². The zero-order valence-electron chi connectivity index (χ0n) is 12.2. The van der Waals surface area contributed by atoms with Crippen molar-refractivity contribution >= 4 is 29.4 Å². The lowest BCUT2D eigenvalue weighted by Crippen LogP contribution is -2.54. The molecule has 0 spiro atoms. The van der Waals surface area contributed by atoms with Crippen LogP contribution < -0.4 is 0 Å². The van der Waals surface area contributed by atoms with Crippen LogP contribution in [0.4, 0.5) is 0 Å². The van der Waals surface area contributed by atoms with Crippen molar-refractivity contribution in [2.45, 2.75) is 30.7 Å². The van der Waals surface area contributed by atoms with Gasteiger partial charge < -0.3 is 10.0 Å². The Labute approximate surface area is 132 Å². The third kappa shape index (κ3) is 3.22. The van der Waals surface area contributed by atoms with Crippen LogP contribution in [-0.4, -0.2) is 66.5 Å². The second kappa shape index (κ2) is 5.81. The summed E-state index contributed by atoms with van der Waals surface area (Å²) in [6, 6.07) is 0.179. The minimum atomic E-state index is -0.979. The molecular formula is C13H20N4O2S2. The van der Waals surface area contributed by atoms with E-state index in [-0.39, 0.29) is 17.2 Å². The molecule has 3 rings (SSSR count). The Morgan fingerprint density at radius 2 is 2.19 bits per heavy atom. The molecule has 0 radical (unpaired) electrons. The molecule has 1 atom stereocenters. The normalized spacial score (nSPS) is 24.0. The Bertz CT molecular complexity index is 516. The lowest BCUT2D eigenvalue weighted by Gasteiger charge is -2.41. The van der Waals surface area contributed by atoms with E-state index in [9.17, 15) is 9.90 Å². The van der Waals surface area contributed by atoms with Crippen LogP contribution in [0.5, 0.6) is 0 Å². The molecule has 2 aliphatic rings. The van der Waals surface area contributed by atoms with E-state index < -0.39 is 5.60 Å². The highest BCUT2D eigenvalue weighted by atomic mass is 32.2. The van der Waals surface area contributed by atoms with Crippen LogP contribution in [0.1, 0.15) is 25.6 Å². The van der Waals surface area contributed by atoms with Crippen LogP contribution in [-0.2, 0) is 10.4 Å². The second-order valence-electron chi connectivity index (χ2n) is 5.97. The predicted octanol–water partition coefficient (Wildman–Crippen LogP) is 0.737. The van der Waals surface area contributed by atoms with Gasteiger partial charge in [-0.25, -0.2) is 4.68 Å². The highest BCUT2D eigenvalue weighted by molar-refractivity contribution is 8.07. The van der Waals surface area contributed by atoms with Gasteiger partial charge in [-0.15, -0.1) is 16.9 Å². The van der Waals surface area contributed by atoms with Crippen molar-refractivity contribution < 1.29 is 9.90 Å². The van der Waals surface area contributed by atoms with Gasteiger partial charge in [-0.3, -0.25) is 4.79 Å². The molecule has 2 aliphatic heterocycles. The average molecular weight is 328 g/mol. The molecule has 1 N–H and O–H groups in total. The SMILES string of the molecule is CC(C)(O)c1cn(C2CN(C(=O)C3CSCCS3)C2)nn1. The fourth-order valence-electron chi connectivity index (χ4n) is 2.37. The van der Waals surface area contributed by atoms with Crippen LogP contribution in [0.3, 0.4) is 0 Å². The Kier molecular flexibility index (Phi) is 4.20. The molecule has 3 heterocycles. The van der Waals surface area contributed by atoms with Crippen LogP contribution in [0.15, 0.2) is 6.20 Å². The minimum absolute atomic E-state index is 0.118. The van der Waals surface area contributed by atoms with Crippen molar-refractivity contribution in [2.75, 3.05) is 30.3 Å². The van der Waals surface area contributed by atoms with Gasteiger partial charge in [-0.2, -0.15) is 11.8 Å². The molecule has 1 aromatic heterocycles. The van der Waals surface area contributed by atoms with Crippen LogP contribution in [0, 0.1) is 0 Å². The summed E-state index contributed by atoms with van der Waals surface area (Å²) in [5.74, 6) is 3.40. The largest absolute Gasteiger partial charge is 0.384 e. The number of nitrogens with zero attached hydrogens (tertiary/aromatic N) is 4. The van der Waals surface area contributed by atoms with E-state index in [1.165, 1.54) is 0 Å². The molecular weight excluding hydrogens is 308 g/mol. The third-order valence-electron chi connectivity index (χ3n) is 3.78. The molecule has 0 saturated carbocycles. The highest BCUT2D eigenvalue weighted by Crippen LogP contribution is 2.29. The number of amides is 1. The molecule has 0 aromatic carbocycles. The van der Waals surface area contributed by atoms with Crippen molar-refractivity contribution in [3.8, 4) is 0 Å². The lowest BCUT2D eigenvalue weighted by atomic mass is 10.1. The van der Waals surface area contributed by atoms with E-state index in [4.69, 9.17) is 0 Å². The molecule has 1 aromatic rings. The predicted molar refractivity (Wildman–Crippen MR) is 84.5 cm³/mol. The standard InChI is InChI=1S/C13H20N4O2S2/c1-13(2,19)11-7-17(15-14-11)9-5-16(6-9)12(18)10-8-20-3-4-21-10/h7,9-10,19H,3-6,8H2,1-2H3. The van der Waals surface area contributed by atoms with Crippen LogP contribution in [0.2, 0.25) is 0 Å². The molecule has 116 valence electrons. The Balaban J connectivity index is 1.55. The first kappa shape index (κ1) is 15.2. The maximum absolute atomic E-state index is 12.3. The van der Waals surface area contributed by atoms with Gasteiger partial charge in [0.1, 0.15) is 11.3 Å². The van der Waals surface area contributed by atoms with Crippen LogP contribution >= 0.6 is 23.5 Å². The van der Waals surface area contributed by atoms with Crippen molar-refractivity contribution in [3.63, 3.8) is 0 Å². The third-order valence-corrected chi connectivity index (χ3v) is 6.52. The molecule has 2 saturated heterocycles. The second-order valence-corrected chi connectivity index (χ2v) is 8.43. The fourth-order valence-corrected chi connectivity index (χ4v) is 5.00. The number of likely N-dealkylation sites (tertiary alicyclic amines) is 1. The molecule has 6 nitrogen and oxygen atoms in total. The van der Waals surface area contributed by atoms with E-state index in [1.54, 1.807) is 36.5 Å². The van der Waals surface area contributed by atoms with Crippen molar-refractivity contribution in [1.82, 2.24) is 19.9 Å². The molecule has 1 unspecified atom stereocenters. The summed E-state index contributed by atoms with van der Waals surface area (Å²) in [6.45, 7) is 4.76. The molecule has 0 aliphatic carbocycles. The molecule has 21 heavy (non-hydrogen) atoms. The zero-order chi connectivity index (χ0) is 15.0. The average Bonchev–Trinajstić information content (AvgIpc) is 2.87. The quantitative estimate of drug-likeness (QED) is 0.882. The maximum atomic E-state index is 12.3. The van der Waals surface area contributed by atoms with Gasteiger partial charge >= 0.3 is 0 Å². The summed E-state index contributed by atoms with van der Waals surface area (Å²) in [6.07, 6.45) is 1.78. The van der Waals surface area contributed by atoms with E-state index >= 15 is 0 Å². The number of aliphatic hydroxyl groups is 1. The number of rotatable bonds is 3.